The van der Waals surface area contributed by atoms with Gasteiger partial charge in [0.25, 0.3) is 11.8 Å². The number of carbonyl (C=O) groups is 2. The molecule has 0 aliphatic rings. The minimum absolute atomic E-state index is 0.132. The van der Waals surface area contributed by atoms with E-state index in [1.807, 2.05) is 13.0 Å². The summed E-state index contributed by atoms with van der Waals surface area (Å²) < 4.78 is 5.16. The van der Waals surface area contributed by atoms with Crippen LogP contribution in [0.25, 0.3) is 0 Å². The van der Waals surface area contributed by atoms with Crippen molar-refractivity contribution in [3.8, 4) is 0 Å². The van der Waals surface area contributed by atoms with Crippen LogP contribution in [0.15, 0.2) is 59.2 Å². The zero-order chi connectivity index (χ0) is 18.5. The Balaban J connectivity index is 1.68. The number of pyridine rings is 1. The van der Waals surface area contributed by atoms with E-state index in [9.17, 15) is 9.59 Å². The largest absolute Gasteiger partial charge is 0.467 e. The summed E-state index contributed by atoms with van der Waals surface area (Å²) in [6, 6.07) is 13.4. The number of nitrogens with one attached hydrogen (secondary N) is 2. The molecule has 2 N–H and O–H groups in total. The molecule has 3 aromatic rings. The van der Waals surface area contributed by atoms with E-state index in [4.69, 9.17) is 16.0 Å². The Morgan fingerprint density at radius 1 is 1.08 bits per heavy atom. The van der Waals surface area contributed by atoms with Crippen molar-refractivity contribution in [1.29, 1.82) is 0 Å². The predicted molar refractivity (Wildman–Crippen MR) is 98.3 cm³/mol. The summed E-state index contributed by atoms with van der Waals surface area (Å²) >= 11 is 6.06. The first-order chi connectivity index (χ1) is 12.5. The topological polar surface area (TPSA) is 84.2 Å². The molecular formula is C19H16ClN3O3. The monoisotopic (exact) mass is 369 g/mol. The maximum atomic E-state index is 12.4. The van der Waals surface area contributed by atoms with E-state index in [0.29, 0.717) is 16.5 Å². The summed E-state index contributed by atoms with van der Waals surface area (Å²) in [7, 11) is 0. The molecule has 0 radical (unpaired) electrons. The lowest BCUT2D eigenvalue weighted by atomic mass is 10.2. The number of aromatic nitrogens is 1. The highest BCUT2D eigenvalue weighted by Crippen LogP contribution is 2.20. The molecule has 0 bridgehead atoms. The van der Waals surface area contributed by atoms with Gasteiger partial charge in [0, 0.05) is 10.7 Å². The first-order valence-corrected chi connectivity index (χ1v) is 8.26. The first-order valence-electron chi connectivity index (χ1n) is 7.88. The quantitative estimate of drug-likeness (QED) is 0.716. The summed E-state index contributed by atoms with van der Waals surface area (Å²) in [4.78, 5) is 28.7. The number of rotatable bonds is 5. The van der Waals surface area contributed by atoms with Crippen LogP contribution in [-0.2, 0) is 6.54 Å². The van der Waals surface area contributed by atoms with Crippen molar-refractivity contribution in [1.82, 2.24) is 10.3 Å². The lowest BCUT2D eigenvalue weighted by Crippen LogP contribution is -2.24. The molecule has 2 amide bonds. The molecule has 7 heteroatoms. The van der Waals surface area contributed by atoms with Crippen LogP contribution in [-0.4, -0.2) is 16.8 Å². The van der Waals surface area contributed by atoms with Crippen molar-refractivity contribution in [3.05, 3.63) is 82.5 Å². The molecule has 0 aliphatic carbocycles. The van der Waals surface area contributed by atoms with Gasteiger partial charge in [-0.25, -0.2) is 4.98 Å². The molecule has 132 valence electrons. The van der Waals surface area contributed by atoms with E-state index in [1.54, 1.807) is 30.3 Å². The van der Waals surface area contributed by atoms with Crippen molar-refractivity contribution >= 4 is 29.1 Å². The fourth-order valence-corrected chi connectivity index (χ4v) is 2.41. The fraction of sp³-hybridized carbons (Fsp3) is 0.105. The third kappa shape index (κ3) is 4.29. The van der Waals surface area contributed by atoms with Gasteiger partial charge in [0.2, 0.25) is 0 Å². The minimum atomic E-state index is -0.425. The molecule has 26 heavy (non-hydrogen) atoms. The molecule has 0 aliphatic heterocycles. The molecular weight excluding hydrogens is 354 g/mol. The Bertz CT molecular complexity index is 939. The average Bonchev–Trinajstić information content (AvgIpc) is 3.16. The van der Waals surface area contributed by atoms with Gasteiger partial charge in [-0.1, -0.05) is 23.7 Å². The van der Waals surface area contributed by atoms with Crippen LogP contribution in [0.5, 0.6) is 0 Å². The molecule has 6 nitrogen and oxygen atoms in total. The van der Waals surface area contributed by atoms with E-state index in [0.717, 1.165) is 5.56 Å². The van der Waals surface area contributed by atoms with E-state index in [1.165, 1.54) is 18.4 Å². The van der Waals surface area contributed by atoms with Gasteiger partial charge in [-0.15, -0.1) is 0 Å². The van der Waals surface area contributed by atoms with Gasteiger partial charge in [-0.2, -0.15) is 0 Å². The predicted octanol–water partition coefficient (Wildman–Crippen LogP) is 3.82. The van der Waals surface area contributed by atoms with Crippen LogP contribution in [0, 0.1) is 6.92 Å². The maximum absolute atomic E-state index is 12.4. The summed E-state index contributed by atoms with van der Waals surface area (Å²) in [5, 5.41) is 5.96. The van der Waals surface area contributed by atoms with Gasteiger partial charge >= 0.3 is 0 Å². The van der Waals surface area contributed by atoms with Crippen molar-refractivity contribution < 1.29 is 14.0 Å². The molecule has 0 unspecified atom stereocenters. The summed E-state index contributed by atoms with van der Waals surface area (Å²) in [6.45, 7) is 2.12. The highest BCUT2D eigenvalue weighted by molar-refractivity contribution is 6.31. The van der Waals surface area contributed by atoms with Crippen LogP contribution >= 0.6 is 11.6 Å². The van der Waals surface area contributed by atoms with Crippen molar-refractivity contribution in [2.75, 3.05) is 5.32 Å². The Kier molecular flexibility index (Phi) is 5.34. The van der Waals surface area contributed by atoms with Crippen molar-refractivity contribution in [3.63, 3.8) is 0 Å². The number of halogens is 1. The third-order valence-electron chi connectivity index (χ3n) is 3.65. The van der Waals surface area contributed by atoms with E-state index < -0.39 is 11.8 Å². The lowest BCUT2D eigenvalue weighted by molar-refractivity contribution is 0.0943. The van der Waals surface area contributed by atoms with Crippen LogP contribution in [0.3, 0.4) is 0 Å². The molecule has 1 aromatic carbocycles. The molecule has 2 heterocycles. The highest BCUT2D eigenvalue weighted by atomic mass is 35.5. The molecule has 0 saturated heterocycles. The van der Waals surface area contributed by atoms with Crippen LogP contribution < -0.4 is 10.6 Å². The minimum Gasteiger partial charge on any atom is -0.467 e. The second-order valence-corrected chi connectivity index (χ2v) is 6.00. The summed E-state index contributed by atoms with van der Waals surface area (Å²) in [5.41, 5.74) is 1.75. The SMILES string of the molecule is Cc1ccc(NC(=O)c2cccc(C(=O)NCc3ccco3)n2)cc1Cl. The molecule has 3 rings (SSSR count). The zero-order valence-corrected chi connectivity index (χ0v) is 14.7. The third-order valence-corrected chi connectivity index (χ3v) is 4.05. The second kappa shape index (κ2) is 7.84. The molecule has 0 saturated carbocycles. The number of furan rings is 1. The van der Waals surface area contributed by atoms with Crippen LogP contribution in [0.2, 0.25) is 5.02 Å². The Morgan fingerprint density at radius 2 is 1.85 bits per heavy atom. The lowest BCUT2D eigenvalue weighted by Gasteiger charge is -2.08. The van der Waals surface area contributed by atoms with E-state index >= 15 is 0 Å². The van der Waals surface area contributed by atoms with Crippen molar-refractivity contribution in [2.45, 2.75) is 13.5 Å². The number of anilines is 1. The number of amides is 2. The fourth-order valence-electron chi connectivity index (χ4n) is 2.22. The number of aryl methyl sites for hydroxylation is 1. The van der Waals surface area contributed by atoms with Gasteiger partial charge in [0.05, 0.1) is 12.8 Å². The number of hydrogen-bond acceptors (Lipinski definition) is 4. The number of nitrogens with zero attached hydrogens (tertiary/aromatic N) is 1. The Hall–Kier alpha value is -3.12. The average molecular weight is 370 g/mol. The summed E-state index contributed by atoms with van der Waals surface area (Å²) in [6.07, 6.45) is 1.53. The Morgan fingerprint density at radius 3 is 2.54 bits per heavy atom. The zero-order valence-electron chi connectivity index (χ0n) is 14.0. The van der Waals surface area contributed by atoms with Gasteiger partial charge in [-0.05, 0) is 48.9 Å². The number of benzene rings is 1. The van der Waals surface area contributed by atoms with Gasteiger partial charge < -0.3 is 15.1 Å². The van der Waals surface area contributed by atoms with Crippen LogP contribution in [0.1, 0.15) is 32.3 Å². The molecule has 0 atom stereocenters. The van der Waals surface area contributed by atoms with Gasteiger partial charge in [-0.3, -0.25) is 9.59 Å². The maximum Gasteiger partial charge on any atom is 0.274 e. The van der Waals surface area contributed by atoms with Gasteiger partial charge in [0.15, 0.2) is 0 Å². The van der Waals surface area contributed by atoms with Gasteiger partial charge in [0.1, 0.15) is 17.1 Å². The molecule has 0 fully saturated rings. The standard InChI is InChI=1S/C19H16ClN3O3/c1-12-7-8-13(10-15(12)20)22-19(25)17-6-2-5-16(23-17)18(24)21-11-14-4-3-9-26-14/h2-10H,11H2,1H3,(H,21,24)(H,22,25). The first kappa shape index (κ1) is 17.7. The van der Waals surface area contributed by atoms with Crippen molar-refractivity contribution in [2.24, 2.45) is 0 Å². The highest BCUT2D eigenvalue weighted by Gasteiger charge is 2.13. The normalized spacial score (nSPS) is 10.4. The number of carbonyl (C=O) groups excluding carboxylic acids is 2. The van der Waals surface area contributed by atoms with E-state index in [-0.39, 0.29) is 17.9 Å². The Labute approximate surface area is 155 Å². The molecule has 0 spiro atoms. The molecule has 2 aromatic heterocycles. The van der Waals surface area contributed by atoms with E-state index in [2.05, 4.69) is 15.6 Å². The van der Waals surface area contributed by atoms with Crippen LogP contribution in [0.4, 0.5) is 5.69 Å². The summed E-state index contributed by atoms with van der Waals surface area (Å²) in [5.74, 6) is -0.191. The number of hydrogen-bond donors (Lipinski definition) is 2. The smallest absolute Gasteiger partial charge is 0.274 e. The second-order valence-electron chi connectivity index (χ2n) is 5.59.